The largest absolute Gasteiger partial charge is 0.497 e. The molecule has 0 aliphatic carbocycles. The molecule has 0 heterocycles. The first-order valence-corrected chi connectivity index (χ1v) is 6.36. The van der Waals surface area contributed by atoms with Gasteiger partial charge in [0.2, 0.25) is 0 Å². The van der Waals surface area contributed by atoms with Crippen molar-refractivity contribution in [2.75, 3.05) is 26.8 Å². The Kier molecular flexibility index (Phi) is 6.68. The summed E-state index contributed by atoms with van der Waals surface area (Å²) >= 11 is 0. The Balaban J connectivity index is 2.23. The molecule has 4 heteroatoms. The highest BCUT2D eigenvalue weighted by Crippen LogP contribution is 2.11. The van der Waals surface area contributed by atoms with Gasteiger partial charge < -0.3 is 14.8 Å². The van der Waals surface area contributed by atoms with Crippen molar-refractivity contribution in [3.63, 3.8) is 0 Å². The molecule has 0 spiro atoms. The quantitative estimate of drug-likeness (QED) is 0.442. The summed E-state index contributed by atoms with van der Waals surface area (Å²) in [6.45, 7) is 7.08. The highest BCUT2D eigenvalue weighted by Gasteiger charge is 2.06. The van der Waals surface area contributed by atoms with Crippen LogP contribution in [-0.4, -0.2) is 32.8 Å². The number of ether oxygens (including phenoxy) is 2. The van der Waals surface area contributed by atoms with Gasteiger partial charge in [-0.05, 0) is 37.6 Å². The Morgan fingerprint density at radius 2 is 2.00 bits per heavy atom. The fraction of sp³-hybridized carbons (Fsp3) is 0.400. The zero-order valence-electron chi connectivity index (χ0n) is 11.6. The number of rotatable bonds is 8. The Hall–Kier alpha value is -1.81. The van der Waals surface area contributed by atoms with Crippen LogP contribution in [0, 0.1) is 0 Å². The summed E-state index contributed by atoms with van der Waals surface area (Å²) in [5.41, 5.74) is 1.67. The summed E-state index contributed by atoms with van der Waals surface area (Å²) in [6.07, 6.45) is 0.889. The third-order valence-corrected chi connectivity index (χ3v) is 2.65. The molecule has 0 aliphatic heterocycles. The van der Waals surface area contributed by atoms with Crippen LogP contribution in [0.15, 0.2) is 36.4 Å². The molecule has 0 bridgehead atoms. The van der Waals surface area contributed by atoms with Gasteiger partial charge in [-0.2, -0.15) is 0 Å². The molecule has 0 atom stereocenters. The van der Waals surface area contributed by atoms with Gasteiger partial charge in [-0.3, -0.25) is 0 Å². The van der Waals surface area contributed by atoms with Crippen molar-refractivity contribution >= 4 is 5.97 Å². The minimum absolute atomic E-state index is 0.334. The second-order valence-corrected chi connectivity index (χ2v) is 4.10. The average Bonchev–Trinajstić information content (AvgIpc) is 2.44. The minimum Gasteiger partial charge on any atom is -0.497 e. The first-order chi connectivity index (χ1) is 9.17. The van der Waals surface area contributed by atoms with Gasteiger partial charge in [0, 0.05) is 12.1 Å². The van der Waals surface area contributed by atoms with Crippen LogP contribution in [0.3, 0.4) is 0 Å². The van der Waals surface area contributed by atoms with Crippen LogP contribution in [0.5, 0.6) is 5.75 Å². The van der Waals surface area contributed by atoms with E-state index in [1.807, 2.05) is 24.3 Å². The molecule has 1 N–H and O–H groups in total. The summed E-state index contributed by atoms with van der Waals surface area (Å²) in [4.78, 5) is 11.3. The van der Waals surface area contributed by atoms with Crippen molar-refractivity contribution in [3.8, 4) is 5.75 Å². The molecule has 4 nitrogen and oxygen atoms in total. The van der Waals surface area contributed by atoms with Crippen molar-refractivity contribution in [2.45, 2.75) is 13.3 Å². The SMILES string of the molecule is C=C(CNCCc1ccc(OC)cc1)C(=O)OCC. The second kappa shape index (κ2) is 8.32. The highest BCUT2D eigenvalue weighted by atomic mass is 16.5. The second-order valence-electron chi connectivity index (χ2n) is 4.10. The lowest BCUT2D eigenvalue weighted by Crippen LogP contribution is -2.23. The molecule has 0 saturated heterocycles. The molecular weight excluding hydrogens is 242 g/mol. The van der Waals surface area contributed by atoms with Crippen molar-refractivity contribution in [2.24, 2.45) is 0 Å². The Bertz CT molecular complexity index is 412. The monoisotopic (exact) mass is 263 g/mol. The molecule has 1 rings (SSSR count). The van der Waals surface area contributed by atoms with E-state index < -0.39 is 0 Å². The summed E-state index contributed by atoms with van der Waals surface area (Å²) in [7, 11) is 1.65. The van der Waals surface area contributed by atoms with Crippen LogP contribution in [0.4, 0.5) is 0 Å². The third-order valence-electron chi connectivity index (χ3n) is 2.65. The molecule has 19 heavy (non-hydrogen) atoms. The molecule has 0 radical (unpaired) electrons. The van der Waals surface area contributed by atoms with E-state index in [1.165, 1.54) is 5.56 Å². The lowest BCUT2D eigenvalue weighted by Gasteiger charge is -2.07. The van der Waals surface area contributed by atoms with Crippen molar-refractivity contribution in [1.82, 2.24) is 5.32 Å². The van der Waals surface area contributed by atoms with Gasteiger partial charge in [-0.15, -0.1) is 0 Å². The Morgan fingerprint density at radius 1 is 1.32 bits per heavy atom. The molecule has 1 aromatic carbocycles. The number of nitrogens with one attached hydrogen (secondary N) is 1. The fourth-order valence-corrected chi connectivity index (χ4v) is 1.57. The van der Waals surface area contributed by atoms with E-state index in [4.69, 9.17) is 9.47 Å². The van der Waals surface area contributed by atoms with E-state index in [1.54, 1.807) is 14.0 Å². The van der Waals surface area contributed by atoms with Crippen LogP contribution in [-0.2, 0) is 16.0 Å². The molecule has 0 unspecified atom stereocenters. The molecule has 104 valence electrons. The fourth-order valence-electron chi connectivity index (χ4n) is 1.57. The topological polar surface area (TPSA) is 47.6 Å². The summed E-state index contributed by atoms with van der Waals surface area (Å²) in [5, 5.41) is 3.17. The number of benzene rings is 1. The van der Waals surface area contributed by atoms with E-state index >= 15 is 0 Å². The minimum atomic E-state index is -0.334. The Labute approximate surface area is 114 Å². The summed E-state index contributed by atoms with van der Waals surface area (Å²) in [6, 6.07) is 7.93. The number of methoxy groups -OCH3 is 1. The van der Waals surface area contributed by atoms with Crippen LogP contribution < -0.4 is 10.1 Å². The Morgan fingerprint density at radius 3 is 2.58 bits per heavy atom. The van der Waals surface area contributed by atoms with Gasteiger partial charge in [0.15, 0.2) is 0 Å². The number of carbonyl (C=O) groups excluding carboxylic acids is 1. The zero-order chi connectivity index (χ0) is 14.1. The van der Waals surface area contributed by atoms with Gasteiger partial charge in [0.1, 0.15) is 5.75 Å². The zero-order valence-corrected chi connectivity index (χ0v) is 11.6. The average molecular weight is 263 g/mol. The van der Waals surface area contributed by atoms with Gasteiger partial charge in [0.25, 0.3) is 0 Å². The normalized spacial score (nSPS) is 10.0. The predicted molar refractivity (Wildman–Crippen MR) is 75.3 cm³/mol. The lowest BCUT2D eigenvalue weighted by molar-refractivity contribution is -0.138. The first-order valence-electron chi connectivity index (χ1n) is 6.36. The standard InChI is InChI=1S/C15H21NO3/c1-4-19-15(17)12(2)11-16-10-9-13-5-7-14(18-3)8-6-13/h5-8,16H,2,4,9-11H2,1,3H3. The van der Waals surface area contributed by atoms with Gasteiger partial charge >= 0.3 is 5.97 Å². The number of carbonyl (C=O) groups is 1. The highest BCUT2D eigenvalue weighted by molar-refractivity contribution is 5.88. The van der Waals surface area contributed by atoms with Crippen LogP contribution in [0.2, 0.25) is 0 Å². The van der Waals surface area contributed by atoms with E-state index in [9.17, 15) is 4.79 Å². The summed E-state index contributed by atoms with van der Waals surface area (Å²) in [5.74, 6) is 0.520. The van der Waals surface area contributed by atoms with E-state index in [0.29, 0.717) is 18.7 Å². The molecule has 0 aliphatic rings. The van der Waals surface area contributed by atoms with Crippen molar-refractivity contribution in [3.05, 3.63) is 42.0 Å². The number of hydrogen-bond donors (Lipinski definition) is 1. The summed E-state index contributed by atoms with van der Waals surface area (Å²) < 4.78 is 9.95. The molecule has 0 aromatic heterocycles. The van der Waals surface area contributed by atoms with Gasteiger partial charge in [-0.25, -0.2) is 4.79 Å². The van der Waals surface area contributed by atoms with Crippen molar-refractivity contribution < 1.29 is 14.3 Å². The van der Waals surface area contributed by atoms with Crippen molar-refractivity contribution in [1.29, 1.82) is 0 Å². The molecular formula is C15H21NO3. The first kappa shape index (κ1) is 15.2. The van der Waals surface area contributed by atoms with E-state index in [0.717, 1.165) is 18.7 Å². The molecule has 0 saturated carbocycles. The maximum absolute atomic E-state index is 11.3. The van der Waals surface area contributed by atoms with E-state index in [2.05, 4.69) is 11.9 Å². The van der Waals surface area contributed by atoms with E-state index in [-0.39, 0.29) is 5.97 Å². The third kappa shape index (κ3) is 5.57. The van der Waals surface area contributed by atoms with Crippen LogP contribution in [0.1, 0.15) is 12.5 Å². The smallest absolute Gasteiger partial charge is 0.334 e. The molecule has 0 amide bonds. The van der Waals surface area contributed by atoms with Gasteiger partial charge in [0.05, 0.1) is 13.7 Å². The number of esters is 1. The van der Waals surface area contributed by atoms with Crippen LogP contribution in [0.25, 0.3) is 0 Å². The molecule has 0 fully saturated rings. The maximum Gasteiger partial charge on any atom is 0.334 e. The maximum atomic E-state index is 11.3. The predicted octanol–water partition coefficient (Wildman–Crippen LogP) is 1.95. The van der Waals surface area contributed by atoms with Gasteiger partial charge in [-0.1, -0.05) is 18.7 Å². The van der Waals surface area contributed by atoms with Crippen LogP contribution >= 0.6 is 0 Å². The number of hydrogen-bond acceptors (Lipinski definition) is 4. The molecule has 1 aromatic rings. The lowest BCUT2D eigenvalue weighted by atomic mass is 10.1.